The molecule has 0 aliphatic heterocycles. The summed E-state index contributed by atoms with van der Waals surface area (Å²) in [6.07, 6.45) is 0. The Morgan fingerprint density at radius 1 is 1.04 bits per heavy atom. The molecular formula is C22H24N2O3. The van der Waals surface area contributed by atoms with Gasteiger partial charge in [-0.1, -0.05) is 24.3 Å². The van der Waals surface area contributed by atoms with Crippen LogP contribution >= 0.6 is 0 Å². The number of hydrogen-bond donors (Lipinski definition) is 2. The number of anilines is 1. The molecule has 0 amide bonds. The van der Waals surface area contributed by atoms with Gasteiger partial charge in [0, 0.05) is 32.9 Å². The molecular weight excluding hydrogens is 340 g/mol. The summed E-state index contributed by atoms with van der Waals surface area (Å²) in [4.78, 5) is 13.7. The molecule has 0 aliphatic carbocycles. The maximum atomic E-state index is 11.7. The molecule has 0 unspecified atom stereocenters. The molecule has 5 nitrogen and oxygen atoms in total. The third-order valence-electron chi connectivity index (χ3n) is 4.65. The second-order valence-corrected chi connectivity index (χ2v) is 6.65. The lowest BCUT2D eigenvalue weighted by atomic mass is 9.98. The highest BCUT2D eigenvalue weighted by molar-refractivity contribution is 5.98. The Morgan fingerprint density at radius 3 is 2.41 bits per heavy atom. The van der Waals surface area contributed by atoms with Crippen molar-refractivity contribution in [2.75, 3.05) is 26.1 Å². The van der Waals surface area contributed by atoms with Crippen LogP contribution in [0.25, 0.3) is 10.8 Å². The Hall–Kier alpha value is -3.05. The summed E-state index contributed by atoms with van der Waals surface area (Å²) in [6, 6.07) is 17.5. The predicted octanol–water partition coefficient (Wildman–Crippen LogP) is 3.90. The summed E-state index contributed by atoms with van der Waals surface area (Å²) in [5, 5.41) is 14.8. The molecule has 0 heterocycles. The van der Waals surface area contributed by atoms with E-state index in [-0.39, 0.29) is 0 Å². The van der Waals surface area contributed by atoms with Gasteiger partial charge in [-0.25, -0.2) is 4.79 Å². The first-order chi connectivity index (χ1) is 13.0. The molecule has 0 radical (unpaired) electrons. The normalized spacial score (nSPS) is 10.8. The van der Waals surface area contributed by atoms with Crippen molar-refractivity contribution >= 4 is 22.4 Å². The Kier molecular flexibility index (Phi) is 5.62. The Bertz CT molecular complexity index is 950. The van der Waals surface area contributed by atoms with Gasteiger partial charge in [-0.2, -0.15) is 0 Å². The molecule has 0 saturated carbocycles. The topological polar surface area (TPSA) is 61.8 Å². The van der Waals surface area contributed by atoms with Crippen molar-refractivity contribution in [1.82, 2.24) is 5.32 Å². The van der Waals surface area contributed by atoms with E-state index in [1.165, 1.54) is 0 Å². The van der Waals surface area contributed by atoms with Gasteiger partial charge in [0.2, 0.25) is 0 Å². The van der Waals surface area contributed by atoms with E-state index >= 15 is 0 Å². The summed E-state index contributed by atoms with van der Waals surface area (Å²) in [6.45, 7) is 1.14. The standard InChI is InChI=1S/C22H24N2O3/c1-24(2)17-7-4-15(5-8-17)13-23-14-21-19-11-9-18(27-3)12-16(19)6-10-20(21)22(25)26/h4-12,23H,13-14H2,1-3H3,(H,25,26). The lowest BCUT2D eigenvalue weighted by molar-refractivity contribution is 0.0695. The summed E-state index contributed by atoms with van der Waals surface area (Å²) in [5.74, 6) is -0.162. The van der Waals surface area contributed by atoms with Gasteiger partial charge in [0.1, 0.15) is 5.75 Å². The summed E-state index contributed by atoms with van der Waals surface area (Å²) >= 11 is 0. The largest absolute Gasteiger partial charge is 0.497 e. The molecule has 0 fully saturated rings. The number of ether oxygens (including phenoxy) is 1. The van der Waals surface area contributed by atoms with Crippen LogP contribution in [0, 0.1) is 0 Å². The Labute approximate surface area is 159 Å². The van der Waals surface area contributed by atoms with Gasteiger partial charge in [0.05, 0.1) is 12.7 Å². The zero-order valence-electron chi connectivity index (χ0n) is 15.8. The fourth-order valence-corrected chi connectivity index (χ4v) is 3.13. The lowest BCUT2D eigenvalue weighted by Crippen LogP contribution is -2.16. The van der Waals surface area contributed by atoms with Crippen LogP contribution < -0.4 is 15.0 Å². The molecule has 0 saturated heterocycles. The Morgan fingerprint density at radius 2 is 1.78 bits per heavy atom. The van der Waals surface area contributed by atoms with Crippen LogP contribution in [0.2, 0.25) is 0 Å². The van der Waals surface area contributed by atoms with Gasteiger partial charge in [-0.3, -0.25) is 0 Å². The zero-order chi connectivity index (χ0) is 19.4. The van der Waals surface area contributed by atoms with Crippen molar-refractivity contribution in [1.29, 1.82) is 0 Å². The molecule has 5 heteroatoms. The quantitative estimate of drug-likeness (QED) is 0.666. The molecule has 140 valence electrons. The van der Waals surface area contributed by atoms with Gasteiger partial charge in [0.15, 0.2) is 0 Å². The highest BCUT2D eigenvalue weighted by atomic mass is 16.5. The molecule has 3 aromatic carbocycles. The van der Waals surface area contributed by atoms with Crippen molar-refractivity contribution in [3.8, 4) is 5.75 Å². The van der Waals surface area contributed by atoms with Crippen molar-refractivity contribution in [2.24, 2.45) is 0 Å². The third-order valence-corrected chi connectivity index (χ3v) is 4.65. The molecule has 3 aromatic rings. The molecule has 0 aromatic heterocycles. The highest BCUT2D eigenvalue weighted by Crippen LogP contribution is 2.26. The second-order valence-electron chi connectivity index (χ2n) is 6.65. The van der Waals surface area contributed by atoms with Crippen LogP contribution in [-0.4, -0.2) is 32.3 Å². The number of nitrogens with zero attached hydrogens (tertiary/aromatic N) is 1. The van der Waals surface area contributed by atoms with Crippen molar-refractivity contribution in [3.63, 3.8) is 0 Å². The first kappa shape index (κ1) is 18.7. The number of methoxy groups -OCH3 is 1. The summed E-state index contributed by atoms with van der Waals surface area (Å²) < 4.78 is 5.27. The minimum Gasteiger partial charge on any atom is -0.497 e. The number of rotatable bonds is 7. The first-order valence-corrected chi connectivity index (χ1v) is 8.79. The molecule has 27 heavy (non-hydrogen) atoms. The van der Waals surface area contributed by atoms with Crippen LogP contribution in [0.4, 0.5) is 5.69 Å². The number of benzene rings is 3. The number of carbonyl (C=O) groups is 1. The predicted molar refractivity (Wildman–Crippen MR) is 109 cm³/mol. The number of carboxylic acid groups (broad SMARTS) is 1. The molecule has 0 atom stereocenters. The zero-order valence-corrected chi connectivity index (χ0v) is 15.8. The van der Waals surface area contributed by atoms with E-state index in [0.29, 0.717) is 18.7 Å². The van der Waals surface area contributed by atoms with E-state index in [1.54, 1.807) is 13.2 Å². The van der Waals surface area contributed by atoms with E-state index in [1.807, 2.05) is 38.4 Å². The fourth-order valence-electron chi connectivity index (χ4n) is 3.13. The number of nitrogens with one attached hydrogen (secondary N) is 1. The van der Waals surface area contributed by atoms with E-state index < -0.39 is 5.97 Å². The van der Waals surface area contributed by atoms with E-state index in [0.717, 1.165) is 33.3 Å². The summed E-state index contributed by atoms with van der Waals surface area (Å²) in [7, 11) is 5.64. The fraction of sp³-hybridized carbons (Fsp3) is 0.227. The minimum absolute atomic E-state index is 0.322. The monoisotopic (exact) mass is 364 g/mol. The van der Waals surface area contributed by atoms with Crippen LogP contribution in [-0.2, 0) is 13.1 Å². The van der Waals surface area contributed by atoms with Gasteiger partial charge < -0.3 is 20.1 Å². The number of hydrogen-bond acceptors (Lipinski definition) is 4. The lowest BCUT2D eigenvalue weighted by Gasteiger charge is -2.14. The van der Waals surface area contributed by atoms with E-state index in [4.69, 9.17) is 4.74 Å². The molecule has 2 N–H and O–H groups in total. The van der Waals surface area contributed by atoms with Crippen LogP contribution in [0.1, 0.15) is 21.5 Å². The van der Waals surface area contributed by atoms with Crippen LogP contribution in [0.5, 0.6) is 5.75 Å². The SMILES string of the molecule is COc1ccc2c(CNCc3ccc(N(C)C)cc3)c(C(=O)O)ccc2c1. The molecule has 0 bridgehead atoms. The number of carboxylic acids is 1. The van der Waals surface area contributed by atoms with Gasteiger partial charge in [-0.05, 0) is 52.2 Å². The Balaban J connectivity index is 1.82. The number of fused-ring (bicyclic) bond motifs is 1. The maximum absolute atomic E-state index is 11.7. The first-order valence-electron chi connectivity index (χ1n) is 8.79. The van der Waals surface area contributed by atoms with Gasteiger partial charge in [0.25, 0.3) is 0 Å². The maximum Gasteiger partial charge on any atom is 0.336 e. The smallest absolute Gasteiger partial charge is 0.336 e. The highest BCUT2D eigenvalue weighted by Gasteiger charge is 2.13. The van der Waals surface area contributed by atoms with Crippen molar-refractivity contribution in [3.05, 3.63) is 71.3 Å². The average molecular weight is 364 g/mol. The van der Waals surface area contributed by atoms with Crippen molar-refractivity contribution < 1.29 is 14.6 Å². The third kappa shape index (κ3) is 4.20. The van der Waals surface area contributed by atoms with Crippen LogP contribution in [0.15, 0.2) is 54.6 Å². The van der Waals surface area contributed by atoms with E-state index in [9.17, 15) is 9.90 Å². The minimum atomic E-state index is -0.917. The molecule has 3 rings (SSSR count). The van der Waals surface area contributed by atoms with Crippen LogP contribution in [0.3, 0.4) is 0 Å². The number of aromatic carboxylic acids is 1. The second kappa shape index (κ2) is 8.10. The molecule has 0 aliphatic rings. The average Bonchev–Trinajstić information content (AvgIpc) is 2.67. The van der Waals surface area contributed by atoms with Gasteiger partial charge in [-0.15, -0.1) is 0 Å². The summed E-state index contributed by atoms with van der Waals surface area (Å²) in [5.41, 5.74) is 3.41. The van der Waals surface area contributed by atoms with Gasteiger partial charge >= 0.3 is 5.97 Å². The van der Waals surface area contributed by atoms with Crippen molar-refractivity contribution in [2.45, 2.75) is 13.1 Å². The molecule has 0 spiro atoms. The van der Waals surface area contributed by atoms with E-state index in [2.05, 4.69) is 34.5 Å².